The van der Waals surface area contributed by atoms with Crippen LogP contribution in [0.15, 0.2) is 42.5 Å². The molecule has 0 spiro atoms. The molecular weight excluding hydrogens is 258 g/mol. The minimum Gasteiger partial charge on any atom is -0.349 e. The number of rotatable bonds is 4. The highest BCUT2D eigenvalue weighted by Crippen LogP contribution is 2.18. The first kappa shape index (κ1) is 15.3. The lowest BCUT2D eigenvalue weighted by atomic mass is 10.00. The average molecular weight is 281 g/mol. The van der Waals surface area contributed by atoms with E-state index in [9.17, 15) is 4.79 Å². The zero-order valence-corrected chi connectivity index (χ0v) is 13.2. The molecule has 1 N–H and O–H groups in total. The summed E-state index contributed by atoms with van der Waals surface area (Å²) < 4.78 is 0. The molecule has 0 aliphatic rings. The van der Waals surface area contributed by atoms with Gasteiger partial charge in [-0.2, -0.15) is 0 Å². The molecule has 0 saturated heterocycles. The van der Waals surface area contributed by atoms with E-state index in [4.69, 9.17) is 0 Å². The third-order valence-electron chi connectivity index (χ3n) is 3.75. The van der Waals surface area contributed by atoms with E-state index in [0.29, 0.717) is 6.42 Å². The van der Waals surface area contributed by atoms with Crippen molar-refractivity contribution >= 4 is 5.91 Å². The predicted octanol–water partition coefficient (Wildman–Crippen LogP) is 4.03. The summed E-state index contributed by atoms with van der Waals surface area (Å²) in [7, 11) is 0. The van der Waals surface area contributed by atoms with Crippen molar-refractivity contribution in [1.82, 2.24) is 5.32 Å². The van der Waals surface area contributed by atoms with E-state index in [1.165, 1.54) is 22.3 Å². The third kappa shape index (κ3) is 4.19. The summed E-state index contributed by atoms with van der Waals surface area (Å²) in [5.74, 6) is 0.0614. The van der Waals surface area contributed by atoms with Gasteiger partial charge in [-0.15, -0.1) is 0 Å². The van der Waals surface area contributed by atoms with Gasteiger partial charge in [0.15, 0.2) is 0 Å². The van der Waals surface area contributed by atoms with Crippen LogP contribution in [0.1, 0.15) is 40.8 Å². The largest absolute Gasteiger partial charge is 0.349 e. The van der Waals surface area contributed by atoms with Crippen molar-refractivity contribution < 1.29 is 4.79 Å². The van der Waals surface area contributed by atoms with Gasteiger partial charge < -0.3 is 5.32 Å². The first-order valence-corrected chi connectivity index (χ1v) is 7.38. The number of hydrogen-bond donors (Lipinski definition) is 1. The zero-order valence-electron chi connectivity index (χ0n) is 13.2. The van der Waals surface area contributed by atoms with E-state index >= 15 is 0 Å². The minimum atomic E-state index is 0.0311. The van der Waals surface area contributed by atoms with Crippen LogP contribution >= 0.6 is 0 Å². The molecular formula is C19H23NO. The maximum Gasteiger partial charge on any atom is 0.224 e. The minimum absolute atomic E-state index is 0.0311. The second-order valence-electron chi connectivity index (χ2n) is 5.81. The van der Waals surface area contributed by atoms with Crippen molar-refractivity contribution in [3.05, 3.63) is 70.3 Å². The van der Waals surface area contributed by atoms with Gasteiger partial charge in [0.2, 0.25) is 5.91 Å². The highest BCUT2D eigenvalue weighted by atomic mass is 16.1. The Hall–Kier alpha value is -2.09. The highest BCUT2D eigenvalue weighted by molar-refractivity contribution is 5.79. The monoisotopic (exact) mass is 281 g/mol. The zero-order chi connectivity index (χ0) is 15.4. The van der Waals surface area contributed by atoms with Crippen molar-refractivity contribution in [3.8, 4) is 0 Å². The van der Waals surface area contributed by atoms with Crippen LogP contribution in [0, 0.1) is 20.8 Å². The second-order valence-corrected chi connectivity index (χ2v) is 5.81. The van der Waals surface area contributed by atoms with Gasteiger partial charge in [0.05, 0.1) is 12.5 Å². The number of carbonyl (C=O) groups is 1. The Labute approximate surface area is 127 Å². The van der Waals surface area contributed by atoms with E-state index in [1.807, 2.05) is 38.1 Å². The quantitative estimate of drug-likeness (QED) is 0.900. The average Bonchev–Trinajstić information content (AvgIpc) is 2.41. The third-order valence-corrected chi connectivity index (χ3v) is 3.75. The fraction of sp³-hybridized carbons (Fsp3) is 0.316. The van der Waals surface area contributed by atoms with Gasteiger partial charge in [-0.25, -0.2) is 0 Å². The van der Waals surface area contributed by atoms with Crippen LogP contribution in [0.4, 0.5) is 0 Å². The van der Waals surface area contributed by atoms with Gasteiger partial charge in [-0.1, -0.05) is 53.6 Å². The van der Waals surface area contributed by atoms with E-state index in [0.717, 1.165) is 5.56 Å². The van der Waals surface area contributed by atoms with Gasteiger partial charge in [0.1, 0.15) is 0 Å². The number of benzene rings is 2. The summed E-state index contributed by atoms with van der Waals surface area (Å²) in [6.45, 7) is 8.25. The summed E-state index contributed by atoms with van der Waals surface area (Å²) in [5, 5.41) is 3.08. The molecule has 0 aliphatic carbocycles. The summed E-state index contributed by atoms with van der Waals surface area (Å²) in [4.78, 5) is 12.1. The standard InChI is InChI=1S/C19H23NO/c1-13-5-8-17(9-6-13)12-19(21)20-16(4)18-10-7-14(2)11-15(18)3/h5-11,16H,12H2,1-4H3,(H,20,21)/t16-/m1/s1. The van der Waals surface area contributed by atoms with Gasteiger partial charge in [0, 0.05) is 0 Å². The molecule has 0 aliphatic heterocycles. The van der Waals surface area contributed by atoms with Crippen molar-refractivity contribution in [2.24, 2.45) is 0 Å². The normalized spacial score (nSPS) is 12.0. The Morgan fingerprint density at radius 2 is 1.62 bits per heavy atom. The first-order valence-electron chi connectivity index (χ1n) is 7.38. The number of hydrogen-bond acceptors (Lipinski definition) is 1. The molecule has 0 radical (unpaired) electrons. The molecule has 1 atom stereocenters. The molecule has 0 aromatic heterocycles. The van der Waals surface area contributed by atoms with Crippen LogP contribution in [0.3, 0.4) is 0 Å². The van der Waals surface area contributed by atoms with Crippen LogP contribution in [0.25, 0.3) is 0 Å². The molecule has 21 heavy (non-hydrogen) atoms. The van der Waals surface area contributed by atoms with Gasteiger partial charge in [-0.05, 0) is 44.4 Å². The SMILES string of the molecule is Cc1ccc(CC(=O)N[C@H](C)c2ccc(C)cc2C)cc1. The number of carbonyl (C=O) groups excluding carboxylic acids is 1. The molecule has 0 unspecified atom stereocenters. The lowest BCUT2D eigenvalue weighted by Crippen LogP contribution is -2.28. The fourth-order valence-electron chi connectivity index (χ4n) is 2.57. The summed E-state index contributed by atoms with van der Waals surface area (Å²) in [6.07, 6.45) is 0.426. The highest BCUT2D eigenvalue weighted by Gasteiger charge is 2.12. The Morgan fingerprint density at radius 3 is 2.24 bits per heavy atom. The molecule has 2 nitrogen and oxygen atoms in total. The molecule has 2 aromatic rings. The molecule has 0 fully saturated rings. The van der Waals surface area contributed by atoms with Crippen LogP contribution in [0.5, 0.6) is 0 Å². The lowest BCUT2D eigenvalue weighted by Gasteiger charge is -2.17. The summed E-state index contributed by atoms with van der Waals surface area (Å²) in [5.41, 5.74) is 5.90. The van der Waals surface area contributed by atoms with E-state index in [1.54, 1.807) is 0 Å². The Balaban J connectivity index is 2.00. The number of amides is 1. The van der Waals surface area contributed by atoms with Crippen molar-refractivity contribution in [2.75, 3.05) is 0 Å². The van der Waals surface area contributed by atoms with E-state index in [-0.39, 0.29) is 11.9 Å². The summed E-state index contributed by atoms with van der Waals surface area (Å²) >= 11 is 0. The van der Waals surface area contributed by atoms with Crippen LogP contribution < -0.4 is 5.32 Å². The molecule has 1 amide bonds. The molecule has 110 valence electrons. The Morgan fingerprint density at radius 1 is 1.00 bits per heavy atom. The Bertz CT molecular complexity index is 629. The summed E-state index contributed by atoms with van der Waals surface area (Å²) in [6, 6.07) is 14.5. The lowest BCUT2D eigenvalue weighted by molar-refractivity contribution is -0.121. The fourth-order valence-corrected chi connectivity index (χ4v) is 2.57. The maximum atomic E-state index is 12.1. The van der Waals surface area contributed by atoms with Crippen molar-refractivity contribution in [2.45, 2.75) is 40.2 Å². The molecule has 0 saturated carbocycles. The van der Waals surface area contributed by atoms with Crippen LogP contribution in [-0.2, 0) is 11.2 Å². The van der Waals surface area contributed by atoms with Crippen molar-refractivity contribution in [1.29, 1.82) is 0 Å². The van der Waals surface area contributed by atoms with Crippen LogP contribution in [-0.4, -0.2) is 5.91 Å². The number of aryl methyl sites for hydroxylation is 3. The van der Waals surface area contributed by atoms with Crippen molar-refractivity contribution in [3.63, 3.8) is 0 Å². The number of nitrogens with one attached hydrogen (secondary N) is 1. The molecule has 0 heterocycles. The topological polar surface area (TPSA) is 29.1 Å². The molecule has 2 rings (SSSR count). The van der Waals surface area contributed by atoms with E-state index in [2.05, 4.69) is 37.4 Å². The maximum absolute atomic E-state index is 12.1. The van der Waals surface area contributed by atoms with Gasteiger partial charge in [-0.3, -0.25) is 4.79 Å². The van der Waals surface area contributed by atoms with Gasteiger partial charge in [0.25, 0.3) is 0 Å². The second kappa shape index (κ2) is 6.57. The molecule has 2 heteroatoms. The van der Waals surface area contributed by atoms with E-state index < -0.39 is 0 Å². The van der Waals surface area contributed by atoms with Crippen LogP contribution in [0.2, 0.25) is 0 Å². The smallest absolute Gasteiger partial charge is 0.224 e. The van der Waals surface area contributed by atoms with Gasteiger partial charge >= 0.3 is 0 Å². The Kier molecular flexibility index (Phi) is 4.79. The predicted molar refractivity (Wildman–Crippen MR) is 87.4 cm³/mol. The molecule has 2 aromatic carbocycles. The molecule has 0 bridgehead atoms. The first-order chi connectivity index (χ1) is 9.95.